The lowest BCUT2D eigenvalue weighted by Gasteiger charge is -2.44. The minimum absolute atomic E-state index is 0.00263. The second-order valence-electron chi connectivity index (χ2n) is 8.84. The molecule has 0 aromatic carbocycles. The Morgan fingerprint density at radius 3 is 2.18 bits per heavy atom. The van der Waals surface area contributed by atoms with E-state index in [1.165, 1.54) is 6.20 Å². The fourth-order valence-electron chi connectivity index (χ4n) is 4.63. The summed E-state index contributed by atoms with van der Waals surface area (Å²) in [6.07, 6.45) is -1.79. The van der Waals surface area contributed by atoms with E-state index in [0.717, 1.165) is 6.20 Å². The SMILES string of the molecule is NC1=NC(c2cncc(C(F)F)n2)(C2CCC(F)(F)CC2)NC(=NC2CCC(F)(F)CC2)N1. The number of hydrogen-bond donors (Lipinski definition) is 3. The summed E-state index contributed by atoms with van der Waals surface area (Å²) in [5.41, 5.74) is 3.86. The lowest BCUT2D eigenvalue weighted by Crippen LogP contribution is -2.62. The van der Waals surface area contributed by atoms with E-state index in [1.54, 1.807) is 0 Å². The summed E-state index contributed by atoms with van der Waals surface area (Å²) in [6, 6.07) is -0.419. The Kier molecular flexibility index (Phi) is 6.16. The van der Waals surface area contributed by atoms with E-state index in [9.17, 15) is 26.3 Å². The highest BCUT2D eigenvalue weighted by atomic mass is 19.3. The summed E-state index contributed by atoms with van der Waals surface area (Å²) < 4.78 is 81.4. The third-order valence-electron chi connectivity index (χ3n) is 6.43. The molecule has 1 atom stereocenters. The van der Waals surface area contributed by atoms with Crippen LogP contribution in [0.25, 0.3) is 0 Å². The Bertz CT molecular complexity index is 917. The number of alkyl halides is 6. The highest BCUT2D eigenvalue weighted by molar-refractivity contribution is 6.00. The second kappa shape index (κ2) is 8.64. The van der Waals surface area contributed by atoms with Crippen molar-refractivity contribution in [3.8, 4) is 0 Å². The van der Waals surface area contributed by atoms with Gasteiger partial charge in [-0.05, 0) is 25.7 Å². The van der Waals surface area contributed by atoms with Crippen LogP contribution in [-0.2, 0) is 5.66 Å². The molecule has 2 fully saturated rings. The molecule has 2 heterocycles. The average molecular weight is 477 g/mol. The molecule has 1 unspecified atom stereocenters. The number of hydrogen-bond acceptors (Lipinski definition) is 5. The van der Waals surface area contributed by atoms with Gasteiger partial charge in [-0.3, -0.25) is 10.3 Å². The Hall–Kier alpha value is -2.60. The van der Waals surface area contributed by atoms with Gasteiger partial charge in [0.05, 0.1) is 18.4 Å². The van der Waals surface area contributed by atoms with Gasteiger partial charge >= 0.3 is 0 Å². The normalized spacial score (nSPS) is 29.4. The monoisotopic (exact) mass is 477 g/mol. The van der Waals surface area contributed by atoms with Crippen molar-refractivity contribution in [2.75, 3.05) is 0 Å². The van der Waals surface area contributed by atoms with Crippen molar-refractivity contribution in [2.45, 2.75) is 81.3 Å². The molecular weight excluding hydrogens is 452 g/mol. The summed E-state index contributed by atoms with van der Waals surface area (Å²) in [7, 11) is 0. The first-order valence-electron chi connectivity index (χ1n) is 10.8. The van der Waals surface area contributed by atoms with E-state index in [1.807, 2.05) is 0 Å². The topological polar surface area (TPSA) is 101 Å². The van der Waals surface area contributed by atoms with Gasteiger partial charge in [-0.1, -0.05) is 0 Å². The molecule has 1 aromatic rings. The molecule has 1 aliphatic heterocycles. The van der Waals surface area contributed by atoms with Gasteiger partial charge < -0.3 is 11.1 Å². The third kappa shape index (κ3) is 5.16. The summed E-state index contributed by atoms with van der Waals surface area (Å²) >= 11 is 0. The van der Waals surface area contributed by atoms with Crippen LogP contribution < -0.4 is 16.4 Å². The molecule has 0 bridgehead atoms. The zero-order chi connectivity index (χ0) is 23.9. The number of aliphatic imine (C=N–C) groups is 2. The Morgan fingerprint density at radius 2 is 1.58 bits per heavy atom. The van der Waals surface area contributed by atoms with Crippen LogP contribution in [0.4, 0.5) is 26.3 Å². The van der Waals surface area contributed by atoms with Gasteiger partial charge in [-0.15, -0.1) is 0 Å². The molecule has 7 nitrogen and oxygen atoms in total. The first-order chi connectivity index (χ1) is 15.5. The third-order valence-corrected chi connectivity index (χ3v) is 6.43. The van der Waals surface area contributed by atoms with Crippen molar-refractivity contribution in [1.29, 1.82) is 0 Å². The fraction of sp³-hybridized carbons (Fsp3) is 0.700. The molecule has 33 heavy (non-hydrogen) atoms. The van der Waals surface area contributed by atoms with E-state index in [4.69, 9.17) is 5.73 Å². The molecule has 4 N–H and O–H groups in total. The molecule has 182 valence electrons. The molecule has 0 saturated heterocycles. The maximum atomic E-state index is 13.9. The molecule has 4 rings (SSSR count). The largest absolute Gasteiger partial charge is 0.370 e. The molecule has 3 aliphatic rings. The predicted molar refractivity (Wildman–Crippen MR) is 108 cm³/mol. The van der Waals surface area contributed by atoms with Crippen LogP contribution in [0.5, 0.6) is 0 Å². The van der Waals surface area contributed by atoms with Gasteiger partial charge in [0.15, 0.2) is 11.6 Å². The maximum absolute atomic E-state index is 13.9. The first kappa shape index (κ1) is 23.6. The van der Waals surface area contributed by atoms with Crippen molar-refractivity contribution in [3.63, 3.8) is 0 Å². The smallest absolute Gasteiger partial charge is 0.281 e. The van der Waals surface area contributed by atoms with Crippen molar-refractivity contribution in [1.82, 2.24) is 20.6 Å². The summed E-state index contributed by atoms with van der Waals surface area (Å²) in [6.45, 7) is 0. The van der Waals surface area contributed by atoms with Gasteiger partial charge in [0, 0.05) is 31.6 Å². The Balaban J connectivity index is 1.70. The van der Waals surface area contributed by atoms with E-state index in [0.29, 0.717) is 0 Å². The number of rotatable bonds is 4. The lowest BCUT2D eigenvalue weighted by atomic mass is 9.76. The zero-order valence-electron chi connectivity index (χ0n) is 17.7. The Labute approximate surface area is 186 Å². The zero-order valence-corrected chi connectivity index (χ0v) is 17.7. The number of halogens is 6. The highest BCUT2D eigenvalue weighted by Gasteiger charge is 2.50. The Morgan fingerprint density at radius 1 is 0.970 bits per heavy atom. The predicted octanol–water partition coefficient (Wildman–Crippen LogP) is 3.83. The highest BCUT2D eigenvalue weighted by Crippen LogP contribution is 2.45. The summed E-state index contributed by atoms with van der Waals surface area (Å²) in [4.78, 5) is 16.7. The maximum Gasteiger partial charge on any atom is 0.281 e. The van der Waals surface area contributed by atoms with E-state index in [-0.39, 0.29) is 56.1 Å². The quantitative estimate of drug-likeness (QED) is 0.573. The summed E-state index contributed by atoms with van der Waals surface area (Å²) in [5, 5.41) is 5.77. The number of nitrogens with zero attached hydrogens (tertiary/aromatic N) is 4. The van der Waals surface area contributed by atoms with E-state index >= 15 is 0 Å². The molecule has 0 radical (unpaired) electrons. The molecular formula is C20H25F6N7. The molecule has 1 aromatic heterocycles. The van der Waals surface area contributed by atoms with Crippen LogP contribution in [0.1, 0.15) is 69.2 Å². The molecule has 0 amide bonds. The number of guanidine groups is 2. The molecule has 13 heteroatoms. The van der Waals surface area contributed by atoms with Crippen molar-refractivity contribution in [2.24, 2.45) is 21.6 Å². The average Bonchev–Trinajstić information content (AvgIpc) is 2.75. The van der Waals surface area contributed by atoms with Gasteiger partial charge in [0.25, 0.3) is 6.43 Å². The van der Waals surface area contributed by atoms with E-state index < -0.39 is 54.4 Å². The molecule has 2 aliphatic carbocycles. The van der Waals surface area contributed by atoms with Crippen LogP contribution in [0, 0.1) is 5.92 Å². The van der Waals surface area contributed by atoms with Crippen molar-refractivity contribution < 1.29 is 26.3 Å². The fourth-order valence-corrected chi connectivity index (χ4v) is 4.63. The number of nitrogens with one attached hydrogen (secondary N) is 2. The van der Waals surface area contributed by atoms with Crippen LogP contribution in [0.2, 0.25) is 0 Å². The molecule has 0 spiro atoms. The minimum Gasteiger partial charge on any atom is -0.370 e. The van der Waals surface area contributed by atoms with Gasteiger partial charge in [0.1, 0.15) is 11.4 Å². The summed E-state index contributed by atoms with van der Waals surface area (Å²) in [5.74, 6) is -6.14. The van der Waals surface area contributed by atoms with Crippen LogP contribution in [0.15, 0.2) is 22.4 Å². The number of nitrogens with two attached hydrogens (primary N) is 1. The van der Waals surface area contributed by atoms with E-state index in [2.05, 4.69) is 30.6 Å². The van der Waals surface area contributed by atoms with Crippen molar-refractivity contribution >= 4 is 11.9 Å². The second-order valence-corrected chi connectivity index (χ2v) is 8.84. The van der Waals surface area contributed by atoms with Crippen LogP contribution in [-0.4, -0.2) is 39.8 Å². The van der Waals surface area contributed by atoms with Gasteiger partial charge in [0.2, 0.25) is 17.8 Å². The van der Waals surface area contributed by atoms with Gasteiger partial charge in [-0.2, -0.15) is 0 Å². The first-order valence-corrected chi connectivity index (χ1v) is 10.8. The number of aromatic nitrogens is 2. The van der Waals surface area contributed by atoms with Crippen LogP contribution in [0.3, 0.4) is 0 Å². The standard InChI is InChI=1S/C20H25F6N7/c21-15(22)13-9-28-10-14(30-13)20(11-1-5-18(23,24)6-2-11)32-16(27)31-17(33-20)29-12-3-7-19(25,26)8-4-12/h9-12,15H,1-8H2,(H4,27,29,31,32,33). The van der Waals surface area contributed by atoms with Gasteiger partial charge in [-0.25, -0.2) is 41.3 Å². The van der Waals surface area contributed by atoms with Crippen molar-refractivity contribution in [3.05, 3.63) is 23.8 Å². The van der Waals surface area contributed by atoms with Crippen LogP contribution >= 0.6 is 0 Å². The lowest BCUT2D eigenvalue weighted by molar-refractivity contribution is -0.0569. The minimum atomic E-state index is -2.90. The molecule has 2 saturated carbocycles.